The van der Waals surface area contributed by atoms with Crippen molar-refractivity contribution >= 4 is 16.6 Å². The minimum atomic E-state index is 0.0505. The maximum atomic E-state index is 11.8. The molecule has 0 spiro atoms. The molecule has 1 aliphatic heterocycles. The molecule has 2 aromatic heterocycles. The van der Waals surface area contributed by atoms with Gasteiger partial charge in [-0.1, -0.05) is 0 Å². The molecule has 128 valence electrons. The summed E-state index contributed by atoms with van der Waals surface area (Å²) in [5.41, 5.74) is 3.33. The molecule has 25 heavy (non-hydrogen) atoms. The third kappa shape index (κ3) is 3.39. The Kier molecular flexibility index (Phi) is 4.19. The number of pyridine rings is 1. The molecule has 3 heterocycles. The maximum Gasteiger partial charge on any atom is 0.250 e. The van der Waals surface area contributed by atoms with Gasteiger partial charge in [0.05, 0.1) is 5.52 Å². The first-order valence-electron chi connectivity index (χ1n) is 8.52. The Bertz CT molecular complexity index is 944. The van der Waals surface area contributed by atoms with Gasteiger partial charge in [0.1, 0.15) is 6.33 Å². The summed E-state index contributed by atoms with van der Waals surface area (Å²) in [4.78, 5) is 24.9. The number of anilines is 1. The highest BCUT2D eigenvalue weighted by Gasteiger charge is 2.17. The number of hydrogen-bond acceptors (Lipinski definition) is 5. The Morgan fingerprint density at radius 3 is 2.72 bits per heavy atom. The molecule has 0 bridgehead atoms. The summed E-state index contributed by atoms with van der Waals surface area (Å²) in [6, 6.07) is 10.1. The summed E-state index contributed by atoms with van der Waals surface area (Å²) in [6.45, 7) is 4.75. The van der Waals surface area contributed by atoms with E-state index in [0.29, 0.717) is 0 Å². The second-order valence-electron chi connectivity index (χ2n) is 6.51. The third-order valence-corrected chi connectivity index (χ3v) is 4.80. The van der Waals surface area contributed by atoms with Gasteiger partial charge in [0.25, 0.3) is 5.56 Å². The van der Waals surface area contributed by atoms with Crippen molar-refractivity contribution in [1.29, 1.82) is 0 Å². The minimum Gasteiger partial charge on any atom is -0.369 e. The van der Waals surface area contributed by atoms with Gasteiger partial charge >= 0.3 is 0 Å². The van der Waals surface area contributed by atoms with E-state index in [1.165, 1.54) is 5.69 Å². The Balaban J connectivity index is 1.41. The average Bonchev–Trinajstić information content (AvgIpc) is 2.65. The third-order valence-electron chi connectivity index (χ3n) is 4.80. The van der Waals surface area contributed by atoms with Crippen LogP contribution >= 0.6 is 0 Å². The highest BCUT2D eigenvalue weighted by atomic mass is 16.1. The Morgan fingerprint density at radius 1 is 1.08 bits per heavy atom. The molecule has 1 aromatic carbocycles. The van der Waals surface area contributed by atoms with E-state index in [-0.39, 0.29) is 5.56 Å². The number of hydrogen-bond donors (Lipinski definition) is 0. The van der Waals surface area contributed by atoms with Gasteiger partial charge in [-0.05, 0) is 29.8 Å². The van der Waals surface area contributed by atoms with Gasteiger partial charge in [-0.15, -0.1) is 0 Å². The molecule has 0 amide bonds. The number of benzene rings is 1. The lowest BCUT2D eigenvalue weighted by molar-refractivity contribution is 0.249. The molecule has 0 radical (unpaired) electrons. The molecule has 6 heteroatoms. The van der Waals surface area contributed by atoms with Crippen LogP contribution < -0.4 is 10.5 Å². The molecule has 6 nitrogen and oxygen atoms in total. The second kappa shape index (κ2) is 6.64. The zero-order chi connectivity index (χ0) is 17.2. The number of nitrogens with zero attached hydrogens (tertiary/aromatic N) is 5. The number of piperazine rings is 1. The van der Waals surface area contributed by atoms with Crippen LogP contribution in [0.5, 0.6) is 0 Å². The fraction of sp³-hybridized carbons (Fsp3) is 0.316. The van der Waals surface area contributed by atoms with E-state index in [4.69, 9.17) is 0 Å². The molecule has 3 aromatic rings. The lowest BCUT2D eigenvalue weighted by Crippen LogP contribution is -2.46. The summed E-state index contributed by atoms with van der Waals surface area (Å²) >= 11 is 0. The van der Waals surface area contributed by atoms with Crippen LogP contribution in [-0.4, -0.2) is 45.6 Å². The molecule has 1 fully saturated rings. The molecule has 0 atom stereocenters. The molecule has 1 saturated heterocycles. The Hall–Kier alpha value is -2.73. The standard InChI is InChI=1S/C19H21N5O/c1-22-5-4-15(10-19(22)25)13-23-6-8-24(9-7-23)17-2-3-18-16(11-17)12-20-14-21-18/h2-5,10-12,14H,6-9,13H2,1H3. The first-order chi connectivity index (χ1) is 12.2. The second-order valence-corrected chi connectivity index (χ2v) is 6.51. The van der Waals surface area contributed by atoms with E-state index >= 15 is 0 Å². The SMILES string of the molecule is Cn1ccc(CN2CCN(c3ccc4ncncc4c3)CC2)cc1=O. The Morgan fingerprint density at radius 2 is 1.92 bits per heavy atom. The van der Waals surface area contributed by atoms with Crippen LogP contribution in [0.15, 0.2) is 53.8 Å². The van der Waals surface area contributed by atoms with Crippen molar-refractivity contribution in [3.63, 3.8) is 0 Å². The number of rotatable bonds is 3. The van der Waals surface area contributed by atoms with E-state index in [9.17, 15) is 4.79 Å². The van der Waals surface area contributed by atoms with Gasteiger partial charge in [-0.3, -0.25) is 9.69 Å². The van der Waals surface area contributed by atoms with E-state index in [0.717, 1.165) is 49.2 Å². The summed E-state index contributed by atoms with van der Waals surface area (Å²) in [6.07, 6.45) is 5.28. The Labute approximate surface area is 146 Å². The van der Waals surface area contributed by atoms with Gasteiger partial charge in [-0.25, -0.2) is 9.97 Å². The molecular weight excluding hydrogens is 314 g/mol. The van der Waals surface area contributed by atoms with Crippen LogP contribution in [-0.2, 0) is 13.6 Å². The first-order valence-corrected chi connectivity index (χ1v) is 8.52. The van der Waals surface area contributed by atoms with Crippen LogP contribution in [0.3, 0.4) is 0 Å². The predicted molar refractivity (Wildman–Crippen MR) is 98.7 cm³/mol. The number of aryl methyl sites for hydroxylation is 1. The highest BCUT2D eigenvalue weighted by molar-refractivity contribution is 5.81. The predicted octanol–water partition coefficient (Wildman–Crippen LogP) is 1.65. The van der Waals surface area contributed by atoms with Crippen molar-refractivity contribution in [2.45, 2.75) is 6.54 Å². The summed E-state index contributed by atoms with van der Waals surface area (Å²) in [5.74, 6) is 0. The monoisotopic (exact) mass is 335 g/mol. The largest absolute Gasteiger partial charge is 0.369 e. The van der Waals surface area contributed by atoms with E-state index in [1.54, 1.807) is 24.0 Å². The molecule has 1 aliphatic rings. The van der Waals surface area contributed by atoms with Crippen LogP contribution in [0.4, 0.5) is 5.69 Å². The van der Waals surface area contributed by atoms with Gasteiger partial charge in [-0.2, -0.15) is 0 Å². The fourth-order valence-corrected chi connectivity index (χ4v) is 3.28. The number of fused-ring (bicyclic) bond motifs is 1. The molecule has 0 aliphatic carbocycles. The van der Waals surface area contributed by atoms with Gasteiger partial charge < -0.3 is 9.47 Å². The lowest BCUT2D eigenvalue weighted by Gasteiger charge is -2.36. The van der Waals surface area contributed by atoms with Crippen LogP contribution in [0.25, 0.3) is 10.9 Å². The van der Waals surface area contributed by atoms with Crippen LogP contribution in [0.2, 0.25) is 0 Å². The van der Waals surface area contributed by atoms with Crippen molar-refractivity contribution in [3.05, 3.63) is 65.0 Å². The molecule has 0 N–H and O–H groups in total. The first kappa shape index (κ1) is 15.8. The maximum absolute atomic E-state index is 11.8. The smallest absolute Gasteiger partial charge is 0.250 e. The highest BCUT2D eigenvalue weighted by Crippen LogP contribution is 2.21. The van der Waals surface area contributed by atoms with Crippen molar-refractivity contribution in [2.75, 3.05) is 31.1 Å². The van der Waals surface area contributed by atoms with Crippen molar-refractivity contribution < 1.29 is 0 Å². The summed E-state index contributed by atoms with van der Waals surface area (Å²) in [5, 5.41) is 1.07. The molecule has 0 saturated carbocycles. The van der Waals surface area contributed by atoms with E-state index < -0.39 is 0 Å². The quantitative estimate of drug-likeness (QED) is 0.728. The fourth-order valence-electron chi connectivity index (χ4n) is 3.28. The van der Waals surface area contributed by atoms with E-state index in [2.05, 4.69) is 38.0 Å². The number of aromatic nitrogens is 3. The summed E-state index contributed by atoms with van der Waals surface area (Å²) in [7, 11) is 1.78. The molecule has 0 unspecified atom stereocenters. The molecule has 4 rings (SSSR count). The van der Waals surface area contributed by atoms with Crippen molar-refractivity contribution in [3.8, 4) is 0 Å². The van der Waals surface area contributed by atoms with Gasteiger partial charge in [0, 0.05) is 69.3 Å². The normalized spacial score (nSPS) is 15.6. The van der Waals surface area contributed by atoms with E-state index in [1.807, 2.05) is 18.5 Å². The average molecular weight is 335 g/mol. The van der Waals surface area contributed by atoms with Crippen molar-refractivity contribution in [1.82, 2.24) is 19.4 Å². The summed E-state index contributed by atoms with van der Waals surface area (Å²) < 4.78 is 1.60. The van der Waals surface area contributed by atoms with Crippen LogP contribution in [0.1, 0.15) is 5.56 Å². The molecular formula is C19H21N5O. The zero-order valence-corrected chi connectivity index (χ0v) is 14.3. The van der Waals surface area contributed by atoms with Crippen molar-refractivity contribution in [2.24, 2.45) is 7.05 Å². The van der Waals surface area contributed by atoms with Gasteiger partial charge in [0.2, 0.25) is 0 Å². The topological polar surface area (TPSA) is 54.3 Å². The van der Waals surface area contributed by atoms with Gasteiger partial charge in [0.15, 0.2) is 0 Å². The van der Waals surface area contributed by atoms with Crippen LogP contribution in [0, 0.1) is 0 Å². The minimum absolute atomic E-state index is 0.0505. The zero-order valence-electron chi connectivity index (χ0n) is 14.3. The lowest BCUT2D eigenvalue weighted by atomic mass is 10.2.